The number of hydrogen-bond donors (Lipinski definition) is 0. The lowest BCUT2D eigenvalue weighted by molar-refractivity contribution is 0.331. The summed E-state index contributed by atoms with van der Waals surface area (Å²) >= 11 is 0. The SMILES string of the molecule is CC(C)(C)c1ccc(N2B3c4cc5c(cc4-n4c6cc7oc8ccccc8c7cc6c6ccc(c3c64)-c3cc4c(cc32)-c2cc3c(cc2C4(C)C)C(C)(C)CCC3(C)C)-c2ccccc2C5(C)C)cc1. The van der Waals surface area contributed by atoms with Crippen molar-refractivity contribution in [1.82, 2.24) is 4.57 Å². The Labute approximate surface area is 412 Å². The smallest absolute Gasteiger partial charge is 0.333 e. The van der Waals surface area contributed by atoms with Gasteiger partial charge in [-0.25, -0.2) is 0 Å². The maximum absolute atomic E-state index is 6.69. The maximum Gasteiger partial charge on any atom is 0.333 e. The molecule has 3 nitrogen and oxygen atoms in total. The van der Waals surface area contributed by atoms with Crippen LogP contribution in [0.1, 0.15) is 128 Å². The Morgan fingerprint density at radius 3 is 1.87 bits per heavy atom. The summed E-state index contributed by atoms with van der Waals surface area (Å²) in [5.74, 6) is 0. The summed E-state index contributed by atoms with van der Waals surface area (Å²) in [6, 6.07) is 52.6. The first-order valence-electron chi connectivity index (χ1n) is 25.8. The number of para-hydroxylation sites is 1. The van der Waals surface area contributed by atoms with Crippen LogP contribution in [0.3, 0.4) is 0 Å². The number of hydrogen-bond acceptors (Lipinski definition) is 2. The molecular formula is C66H59BN2O. The molecule has 2 aromatic heterocycles. The van der Waals surface area contributed by atoms with Crippen LogP contribution in [-0.2, 0) is 27.1 Å². The van der Waals surface area contributed by atoms with Gasteiger partial charge in [-0.05, 0) is 155 Å². The standard InChI is InChI=1S/C66H59BN2O/c1-62(2,3)36-20-22-37(23-21-36)69-56-31-44-42-29-52-53(64(6,7)27-26-63(52,4)5)33-50(42)66(10,11)49(44)30-46(56)40-24-25-41-45-28-47-39-17-13-15-19-58(39)70-59(47)35-55(45)68-57-32-43-38-16-12-14-18-48(38)65(8,9)51(43)34-54(57)67(69)60(40)61(41)68/h12-25,28-35H,26-27H2,1-11H3. The lowest BCUT2D eigenvalue weighted by atomic mass is 9.43. The van der Waals surface area contributed by atoms with Crippen molar-refractivity contribution in [2.24, 2.45) is 0 Å². The van der Waals surface area contributed by atoms with Crippen LogP contribution in [0.25, 0.3) is 82.8 Å². The maximum atomic E-state index is 6.69. The molecule has 4 heteroatoms. The second-order valence-corrected chi connectivity index (χ2v) is 25.2. The van der Waals surface area contributed by atoms with Gasteiger partial charge in [-0.1, -0.05) is 155 Å². The van der Waals surface area contributed by atoms with Crippen molar-refractivity contribution in [3.05, 3.63) is 172 Å². The van der Waals surface area contributed by atoms with E-state index >= 15 is 0 Å². The highest BCUT2D eigenvalue weighted by atomic mass is 16.3. The number of rotatable bonds is 1. The summed E-state index contributed by atoms with van der Waals surface area (Å²) in [7, 11) is 0. The molecule has 15 rings (SSSR count). The summed E-state index contributed by atoms with van der Waals surface area (Å²) < 4.78 is 9.32. The molecule has 0 bridgehead atoms. The monoisotopic (exact) mass is 906 g/mol. The first-order valence-corrected chi connectivity index (χ1v) is 25.8. The Morgan fingerprint density at radius 1 is 0.471 bits per heavy atom. The van der Waals surface area contributed by atoms with Crippen molar-refractivity contribution in [2.75, 3.05) is 4.81 Å². The summed E-state index contributed by atoms with van der Waals surface area (Å²) in [5.41, 5.74) is 28.9. The van der Waals surface area contributed by atoms with Crippen LogP contribution in [0.4, 0.5) is 11.4 Å². The highest BCUT2D eigenvalue weighted by molar-refractivity contribution is 6.93. The van der Waals surface area contributed by atoms with Crippen molar-refractivity contribution in [3.63, 3.8) is 0 Å². The topological polar surface area (TPSA) is 21.3 Å². The van der Waals surface area contributed by atoms with E-state index in [4.69, 9.17) is 4.42 Å². The molecule has 70 heavy (non-hydrogen) atoms. The summed E-state index contributed by atoms with van der Waals surface area (Å²) in [6.07, 6.45) is 2.40. The predicted octanol–water partition coefficient (Wildman–Crippen LogP) is 16.2. The zero-order valence-corrected chi connectivity index (χ0v) is 42.5. The van der Waals surface area contributed by atoms with E-state index in [1.54, 1.807) is 0 Å². The Bertz CT molecular complexity index is 4050. The van der Waals surface area contributed by atoms with Crippen LogP contribution < -0.4 is 15.7 Å². The van der Waals surface area contributed by atoms with Crippen LogP contribution >= 0.6 is 0 Å². The van der Waals surface area contributed by atoms with E-state index in [0.717, 1.165) is 21.9 Å². The van der Waals surface area contributed by atoms with Gasteiger partial charge in [-0.15, -0.1) is 0 Å². The minimum absolute atomic E-state index is 0.0265. The zero-order chi connectivity index (χ0) is 47.9. The molecule has 0 saturated heterocycles. The predicted molar refractivity (Wildman–Crippen MR) is 296 cm³/mol. The second kappa shape index (κ2) is 12.8. The van der Waals surface area contributed by atoms with Crippen LogP contribution in [0, 0.1) is 0 Å². The molecule has 0 N–H and O–H groups in total. The number of anilines is 2. The van der Waals surface area contributed by atoms with E-state index in [9.17, 15) is 0 Å². The van der Waals surface area contributed by atoms with Crippen molar-refractivity contribution >= 4 is 72.9 Å². The van der Waals surface area contributed by atoms with Gasteiger partial charge in [0.15, 0.2) is 0 Å². The molecule has 3 aliphatic carbocycles. The number of fused-ring (bicyclic) bond motifs is 18. The van der Waals surface area contributed by atoms with Crippen LogP contribution in [-0.4, -0.2) is 11.4 Å². The molecule has 2 aliphatic heterocycles. The van der Waals surface area contributed by atoms with Crippen molar-refractivity contribution in [1.29, 1.82) is 0 Å². The second-order valence-electron chi connectivity index (χ2n) is 25.2. The molecule has 0 fully saturated rings. The lowest BCUT2D eigenvalue weighted by Gasteiger charge is -2.43. The van der Waals surface area contributed by atoms with Gasteiger partial charge in [0.05, 0.1) is 11.0 Å². The largest absolute Gasteiger partial charge is 0.456 e. The van der Waals surface area contributed by atoms with Crippen LogP contribution in [0.15, 0.2) is 138 Å². The molecule has 10 aromatic rings. The van der Waals surface area contributed by atoms with E-state index in [1.165, 1.54) is 135 Å². The van der Waals surface area contributed by atoms with E-state index < -0.39 is 0 Å². The van der Waals surface area contributed by atoms with Crippen molar-refractivity contribution in [2.45, 2.75) is 116 Å². The molecule has 0 saturated carbocycles. The number of nitrogens with zero attached hydrogens (tertiary/aromatic N) is 2. The molecule has 0 radical (unpaired) electrons. The fourth-order valence-electron chi connectivity index (χ4n) is 14.5. The fourth-order valence-corrected chi connectivity index (χ4v) is 14.5. The molecule has 0 atom stereocenters. The van der Waals surface area contributed by atoms with Gasteiger partial charge in [0.2, 0.25) is 0 Å². The molecular weight excluding hydrogens is 848 g/mol. The summed E-state index contributed by atoms with van der Waals surface area (Å²) in [5, 5.41) is 4.87. The Balaban J connectivity index is 1.08. The molecule has 8 aromatic carbocycles. The van der Waals surface area contributed by atoms with Crippen LogP contribution in [0.5, 0.6) is 0 Å². The van der Waals surface area contributed by atoms with Gasteiger partial charge >= 0.3 is 6.85 Å². The molecule has 0 spiro atoms. The van der Waals surface area contributed by atoms with Gasteiger partial charge in [0.1, 0.15) is 11.2 Å². The summed E-state index contributed by atoms with van der Waals surface area (Å²) in [6.45, 7) is 26.6. The molecule has 4 heterocycles. The van der Waals surface area contributed by atoms with E-state index in [1.807, 2.05) is 0 Å². The minimum Gasteiger partial charge on any atom is -0.456 e. The van der Waals surface area contributed by atoms with Crippen LogP contribution in [0.2, 0.25) is 0 Å². The fraction of sp³-hybridized carbons (Fsp3) is 0.273. The minimum atomic E-state index is -0.177. The quantitative estimate of drug-likeness (QED) is 0.153. The number of aromatic nitrogens is 1. The van der Waals surface area contributed by atoms with E-state index in [0.29, 0.717) is 0 Å². The highest BCUT2D eigenvalue weighted by Gasteiger charge is 2.49. The molecule has 342 valence electrons. The van der Waals surface area contributed by atoms with Gasteiger partial charge in [0.25, 0.3) is 0 Å². The molecule has 0 unspecified atom stereocenters. The Kier molecular flexibility index (Phi) is 7.48. The van der Waals surface area contributed by atoms with Gasteiger partial charge < -0.3 is 13.8 Å². The van der Waals surface area contributed by atoms with Gasteiger partial charge in [-0.2, -0.15) is 0 Å². The number of furan rings is 1. The highest BCUT2D eigenvalue weighted by Crippen LogP contribution is 2.58. The third-order valence-corrected chi connectivity index (χ3v) is 18.6. The van der Waals surface area contributed by atoms with E-state index in [2.05, 4.69) is 219 Å². The first kappa shape index (κ1) is 41.0. The van der Waals surface area contributed by atoms with Gasteiger partial charge in [-0.3, -0.25) is 0 Å². The Morgan fingerprint density at radius 2 is 1.10 bits per heavy atom. The lowest BCUT2D eigenvalue weighted by Crippen LogP contribution is -2.60. The molecule has 5 aliphatic rings. The normalized spacial score (nSPS) is 17.9. The van der Waals surface area contributed by atoms with Crippen molar-refractivity contribution < 1.29 is 4.42 Å². The summed E-state index contributed by atoms with van der Waals surface area (Å²) in [4.78, 5) is 2.75. The third kappa shape index (κ3) is 4.98. The van der Waals surface area contributed by atoms with Gasteiger partial charge in [0, 0.05) is 61.1 Å². The zero-order valence-electron chi connectivity index (χ0n) is 42.5. The van der Waals surface area contributed by atoms with E-state index in [-0.39, 0.29) is 33.9 Å². The third-order valence-electron chi connectivity index (χ3n) is 18.6. The number of benzene rings is 8. The average molecular weight is 907 g/mol. The van der Waals surface area contributed by atoms with Crippen molar-refractivity contribution in [3.8, 4) is 39.1 Å². The molecule has 0 amide bonds. The average Bonchev–Trinajstić information content (AvgIpc) is 4.00. The first-order chi connectivity index (χ1) is 33.3. The Hall–Kier alpha value is -6.78.